The van der Waals surface area contributed by atoms with Crippen molar-refractivity contribution in [3.05, 3.63) is 357 Å². The van der Waals surface area contributed by atoms with E-state index in [-0.39, 0.29) is 0 Å². The largest absolute Gasteiger partial charge is 0.494 e. The van der Waals surface area contributed by atoms with Crippen LogP contribution in [0.15, 0.2) is 352 Å². The maximum atomic E-state index is 6.60. The van der Waals surface area contributed by atoms with E-state index >= 15 is 0 Å². The Labute approximate surface area is 667 Å². The molecule has 0 saturated carbocycles. The number of pyridine rings is 2. The quantitative estimate of drug-likeness (QED) is 0.0756. The van der Waals surface area contributed by atoms with E-state index in [0.29, 0.717) is 46.7 Å². The Morgan fingerprint density at radius 2 is 0.561 bits per heavy atom. The lowest BCUT2D eigenvalue weighted by Gasteiger charge is -2.32. The number of nitrogens with zero attached hydrogens (tertiary/aromatic N) is 8. The summed E-state index contributed by atoms with van der Waals surface area (Å²) in [5, 5.41) is 10.4. The Balaban J connectivity index is 0.000000140. The summed E-state index contributed by atoms with van der Waals surface area (Å²) in [6.07, 6.45) is 0. The summed E-state index contributed by atoms with van der Waals surface area (Å²) in [4.78, 5) is 39.2. The maximum absolute atomic E-state index is 6.60. The van der Waals surface area contributed by atoms with E-state index in [9.17, 15) is 0 Å². The van der Waals surface area contributed by atoms with Gasteiger partial charge in [-0.15, -0.1) is 0 Å². The Hall–Kier alpha value is -13.7. The highest BCUT2D eigenvalue weighted by Crippen LogP contribution is 2.43. The summed E-state index contributed by atoms with van der Waals surface area (Å²) >= 11 is 5.81. The molecule has 4 aromatic heterocycles. The zero-order valence-electron chi connectivity index (χ0n) is 63.7. The van der Waals surface area contributed by atoms with Crippen LogP contribution in [0.25, 0.3) is 167 Å². The number of benzene rings is 14. The highest BCUT2D eigenvalue weighted by atomic mass is 35.5. The van der Waals surface area contributed by atoms with Crippen molar-refractivity contribution in [2.75, 3.05) is 14.2 Å². The van der Waals surface area contributed by atoms with Gasteiger partial charge in [-0.1, -0.05) is 291 Å². The van der Waals surface area contributed by atoms with Crippen molar-refractivity contribution < 1.29 is 18.8 Å². The van der Waals surface area contributed by atoms with Crippen LogP contribution in [0.2, 0.25) is 5.02 Å². The first-order valence-corrected chi connectivity index (χ1v) is 38.2. The summed E-state index contributed by atoms with van der Waals surface area (Å²) in [5.74, 6) is 4.89. The van der Waals surface area contributed by atoms with E-state index in [0.717, 1.165) is 99.8 Å². The van der Waals surface area contributed by atoms with Crippen LogP contribution in [0, 0.1) is 0 Å². The topological polar surface area (TPSA) is 140 Å². The van der Waals surface area contributed by atoms with Gasteiger partial charge in [0, 0.05) is 61.7 Å². The van der Waals surface area contributed by atoms with Gasteiger partial charge in [0.2, 0.25) is 11.8 Å². The molecule has 19 rings (SSSR count). The normalized spacial score (nSPS) is 12.7. The van der Waals surface area contributed by atoms with E-state index in [1.54, 1.807) is 14.2 Å². The molecular formula is C100H76BClN8O4. The van der Waals surface area contributed by atoms with E-state index in [2.05, 4.69) is 208 Å². The molecule has 0 unspecified atom stereocenters. The van der Waals surface area contributed by atoms with Gasteiger partial charge in [0.25, 0.3) is 0 Å². The van der Waals surface area contributed by atoms with Crippen molar-refractivity contribution in [2.45, 2.75) is 38.9 Å². The number of aromatic nitrogens is 8. The van der Waals surface area contributed by atoms with Crippen LogP contribution >= 0.6 is 11.6 Å². The zero-order valence-corrected chi connectivity index (χ0v) is 64.4. The van der Waals surface area contributed by atoms with Crippen LogP contribution < -0.4 is 14.9 Å². The number of halogens is 1. The minimum Gasteiger partial charge on any atom is -0.481 e. The zero-order chi connectivity index (χ0) is 77.7. The molecule has 1 aliphatic rings. The SMILES string of the molecule is CC1(C)OB(c2cc(-c3nc(-c4ccccc4)nc(-c4ccccc4)n3)cc(-c3cc4ccccc4c4ccccc34)c2)OC1(C)C.COc1cccc(-c2ccc(-c3cc(-c4nc(-c5ccccc5)nc(-c5ccccc5)n4)cc(-c4cc5ccccc5c5ccccc45)c3)cc2)n1.COc1cccc(-c2ccc(Cl)cc2)n1. The summed E-state index contributed by atoms with van der Waals surface area (Å²) < 4.78 is 23.6. The maximum Gasteiger partial charge on any atom is 0.494 e. The summed E-state index contributed by atoms with van der Waals surface area (Å²) in [7, 11) is 2.68. The lowest BCUT2D eigenvalue weighted by Crippen LogP contribution is -2.41. The lowest BCUT2D eigenvalue weighted by atomic mass is 9.76. The Bertz CT molecular complexity index is 6410. The molecule has 0 radical (unpaired) electrons. The molecule has 12 nitrogen and oxygen atoms in total. The minimum absolute atomic E-state index is 0.488. The summed E-state index contributed by atoms with van der Waals surface area (Å²) in [6.45, 7) is 8.33. The highest BCUT2D eigenvalue weighted by Gasteiger charge is 2.52. The number of fused-ring (bicyclic) bond motifs is 6. The summed E-state index contributed by atoms with van der Waals surface area (Å²) in [6, 6.07) is 120. The second-order valence-electron chi connectivity index (χ2n) is 28.9. The monoisotopic (exact) mass is 1500 g/mol. The van der Waals surface area contributed by atoms with Crippen LogP contribution in [0.1, 0.15) is 27.7 Å². The predicted molar refractivity (Wildman–Crippen MR) is 465 cm³/mol. The minimum atomic E-state index is -0.561. The molecule has 0 aliphatic carbocycles. The van der Waals surface area contributed by atoms with Crippen molar-refractivity contribution in [3.63, 3.8) is 0 Å². The average Bonchev–Trinajstić information content (AvgIpc) is 1.13. The number of rotatable bonds is 14. The standard InChI is InChI=1S/C47H32N4O.C41H34BN3O2.C12H10ClNO/c1-52-44-22-12-21-43(48-44)32-25-23-31(24-26-32)36-27-37(42-30-35-17-8-9-18-39(35)40-19-10-11-20-41(40)42)29-38(28-36)47-50-45(33-13-4-2-5-14-33)49-46(51-47)34-15-6-3-7-16-34;1-40(2)41(3,4)47-42(46-40)32-24-30(36-26-29-19-11-12-20-33(29)34-21-13-14-22-35(34)36)23-31(25-32)39-44-37(27-15-7-5-8-16-27)43-38(45-39)28-17-9-6-10-18-28;1-15-12-4-2-3-11(14-12)9-5-7-10(13)8-6-9/h2-30H,1H3;5-26H,1-4H3;2-8H,1H3. The van der Waals surface area contributed by atoms with E-state index in [4.69, 9.17) is 60.3 Å². The number of hydrogen-bond acceptors (Lipinski definition) is 12. The van der Waals surface area contributed by atoms with Gasteiger partial charge in [0.1, 0.15) is 0 Å². The van der Waals surface area contributed by atoms with Crippen LogP contribution in [0.3, 0.4) is 0 Å². The third kappa shape index (κ3) is 15.5. The van der Waals surface area contributed by atoms with E-state index < -0.39 is 18.3 Å². The van der Waals surface area contributed by atoms with Gasteiger partial charge < -0.3 is 18.8 Å². The van der Waals surface area contributed by atoms with Crippen molar-refractivity contribution in [1.82, 2.24) is 39.9 Å². The molecule has 1 fully saturated rings. The fourth-order valence-electron chi connectivity index (χ4n) is 14.4. The van der Waals surface area contributed by atoms with Crippen LogP contribution in [0.5, 0.6) is 11.8 Å². The van der Waals surface area contributed by atoms with Crippen molar-refractivity contribution in [3.8, 4) is 136 Å². The van der Waals surface area contributed by atoms with E-state index in [1.807, 2.05) is 182 Å². The van der Waals surface area contributed by atoms with Gasteiger partial charge in [-0.25, -0.2) is 39.9 Å². The fourth-order valence-corrected chi connectivity index (χ4v) is 14.6. The Kier molecular flexibility index (Phi) is 20.5. The molecule has 1 saturated heterocycles. The third-order valence-corrected chi connectivity index (χ3v) is 21.3. The molecule has 0 bridgehead atoms. The molecule has 550 valence electrons. The molecule has 18 aromatic rings. The van der Waals surface area contributed by atoms with Crippen molar-refractivity contribution >= 4 is 67.3 Å². The second kappa shape index (κ2) is 32.0. The molecule has 1 aliphatic heterocycles. The second-order valence-corrected chi connectivity index (χ2v) is 29.3. The molecule has 0 N–H and O–H groups in total. The van der Waals surface area contributed by atoms with Gasteiger partial charge in [-0.05, 0) is 170 Å². The van der Waals surface area contributed by atoms with Gasteiger partial charge in [-0.2, -0.15) is 0 Å². The third-order valence-electron chi connectivity index (χ3n) is 21.0. The van der Waals surface area contributed by atoms with Crippen LogP contribution in [-0.2, 0) is 9.31 Å². The molecule has 0 atom stereocenters. The lowest BCUT2D eigenvalue weighted by molar-refractivity contribution is 0.00578. The highest BCUT2D eigenvalue weighted by molar-refractivity contribution is 6.62. The van der Waals surface area contributed by atoms with Crippen LogP contribution in [-0.4, -0.2) is 72.4 Å². The molecule has 114 heavy (non-hydrogen) atoms. The smallest absolute Gasteiger partial charge is 0.481 e. The van der Waals surface area contributed by atoms with Gasteiger partial charge in [-0.3, -0.25) is 0 Å². The predicted octanol–water partition coefficient (Wildman–Crippen LogP) is 24.1. The van der Waals surface area contributed by atoms with Gasteiger partial charge in [0.15, 0.2) is 34.9 Å². The molecule has 14 heteroatoms. The van der Waals surface area contributed by atoms with Gasteiger partial charge in [0.05, 0.1) is 36.8 Å². The Morgan fingerprint density at radius 1 is 0.254 bits per heavy atom. The molecule has 0 amide bonds. The average molecular weight is 1500 g/mol. The van der Waals surface area contributed by atoms with Crippen molar-refractivity contribution in [1.29, 1.82) is 0 Å². The Morgan fingerprint density at radius 3 is 0.965 bits per heavy atom. The number of ether oxygens (including phenoxy) is 2. The van der Waals surface area contributed by atoms with Crippen molar-refractivity contribution in [2.24, 2.45) is 0 Å². The first-order valence-electron chi connectivity index (χ1n) is 37.9. The van der Waals surface area contributed by atoms with Gasteiger partial charge >= 0.3 is 7.12 Å². The first kappa shape index (κ1) is 73.1. The molecule has 14 aromatic carbocycles. The summed E-state index contributed by atoms with van der Waals surface area (Å²) in [5.41, 5.74) is 15.7. The fraction of sp³-hybridized carbons (Fsp3) is 0.0800. The van der Waals surface area contributed by atoms with E-state index in [1.165, 1.54) is 43.1 Å². The molecule has 0 spiro atoms. The molecular weight excluding hydrogens is 1420 g/mol. The number of hydrogen-bond donors (Lipinski definition) is 0. The number of methoxy groups -OCH3 is 2. The molecule has 5 heterocycles. The van der Waals surface area contributed by atoms with Crippen LogP contribution in [0.4, 0.5) is 0 Å². The first-order chi connectivity index (χ1) is 55.7.